The zero-order valence-electron chi connectivity index (χ0n) is 13.4. The molecule has 1 N–H and O–H groups in total. The fraction of sp³-hybridized carbons (Fsp3) is 0.474. The van der Waals surface area contributed by atoms with Crippen molar-refractivity contribution in [1.82, 2.24) is 5.32 Å². The van der Waals surface area contributed by atoms with Crippen LogP contribution in [0.2, 0.25) is 0 Å². The van der Waals surface area contributed by atoms with E-state index in [-0.39, 0.29) is 0 Å². The molecular formula is C19H27NS. The van der Waals surface area contributed by atoms with Gasteiger partial charge in [0.05, 0.1) is 0 Å². The Morgan fingerprint density at radius 2 is 2.00 bits per heavy atom. The second-order valence-electron chi connectivity index (χ2n) is 5.63. The summed E-state index contributed by atoms with van der Waals surface area (Å²) >= 11 is 1.97. The van der Waals surface area contributed by atoms with Gasteiger partial charge in [-0.25, -0.2) is 0 Å². The molecule has 114 valence electrons. The van der Waals surface area contributed by atoms with Crippen molar-refractivity contribution in [1.29, 1.82) is 0 Å². The molecule has 0 aromatic heterocycles. The summed E-state index contributed by atoms with van der Waals surface area (Å²) in [6.45, 7) is 7.62. The van der Waals surface area contributed by atoms with Gasteiger partial charge in [-0.05, 0) is 44.0 Å². The monoisotopic (exact) mass is 301 g/mol. The highest BCUT2D eigenvalue weighted by Crippen LogP contribution is 2.31. The Balaban J connectivity index is 1.89. The molecule has 2 atom stereocenters. The van der Waals surface area contributed by atoms with Crippen molar-refractivity contribution in [3.63, 3.8) is 0 Å². The molecule has 0 heterocycles. The van der Waals surface area contributed by atoms with Crippen LogP contribution in [-0.2, 0) is 0 Å². The van der Waals surface area contributed by atoms with E-state index in [1.807, 2.05) is 11.8 Å². The Kier molecular flexibility index (Phi) is 6.59. The van der Waals surface area contributed by atoms with Gasteiger partial charge in [0.1, 0.15) is 0 Å². The molecule has 1 aromatic carbocycles. The maximum atomic E-state index is 3.45. The summed E-state index contributed by atoms with van der Waals surface area (Å²) in [4.78, 5) is 1.37. The largest absolute Gasteiger partial charge is 0.310 e. The van der Waals surface area contributed by atoms with Crippen LogP contribution in [0.3, 0.4) is 0 Å². The molecule has 0 amide bonds. The summed E-state index contributed by atoms with van der Waals surface area (Å²) in [5, 5.41) is 4.04. The fourth-order valence-corrected chi connectivity index (χ4v) is 3.63. The molecule has 2 rings (SSSR count). The van der Waals surface area contributed by atoms with Crippen molar-refractivity contribution in [2.45, 2.75) is 56.2 Å². The Morgan fingerprint density at radius 1 is 1.24 bits per heavy atom. The van der Waals surface area contributed by atoms with Crippen LogP contribution >= 0.6 is 11.8 Å². The lowest BCUT2D eigenvalue weighted by Crippen LogP contribution is -2.17. The summed E-state index contributed by atoms with van der Waals surface area (Å²) in [7, 11) is 0. The maximum Gasteiger partial charge on any atom is 0.0312 e. The second kappa shape index (κ2) is 8.45. The standard InChI is InChI=1S/C19H27NS/c1-4-6-16-7-11-18(12-8-16)21-19-13-9-17(10-14-19)15(3)20-5-2/h7-11,13-15,18,20H,4-6,12H2,1-3H3. The Hall–Kier alpha value is -0.990. The van der Waals surface area contributed by atoms with Gasteiger partial charge in [0.2, 0.25) is 0 Å². The summed E-state index contributed by atoms with van der Waals surface area (Å²) < 4.78 is 0. The van der Waals surface area contributed by atoms with Gasteiger partial charge >= 0.3 is 0 Å². The highest BCUT2D eigenvalue weighted by atomic mass is 32.2. The quantitative estimate of drug-likeness (QED) is 0.713. The number of hydrogen-bond acceptors (Lipinski definition) is 2. The first kappa shape index (κ1) is 16.4. The van der Waals surface area contributed by atoms with Crippen LogP contribution in [0.5, 0.6) is 0 Å². The zero-order valence-corrected chi connectivity index (χ0v) is 14.2. The van der Waals surface area contributed by atoms with E-state index < -0.39 is 0 Å². The molecule has 1 aliphatic rings. The topological polar surface area (TPSA) is 12.0 Å². The van der Waals surface area contributed by atoms with Crippen molar-refractivity contribution in [2.75, 3.05) is 6.54 Å². The first-order chi connectivity index (χ1) is 10.2. The molecule has 2 heteroatoms. The van der Waals surface area contributed by atoms with E-state index in [4.69, 9.17) is 0 Å². The molecule has 0 saturated carbocycles. The molecule has 1 nitrogen and oxygen atoms in total. The average Bonchev–Trinajstić information content (AvgIpc) is 2.50. The average molecular weight is 301 g/mol. The predicted octanol–water partition coefficient (Wildman–Crippen LogP) is 5.50. The normalized spacial score (nSPS) is 19.4. The molecule has 0 bridgehead atoms. The third-order valence-electron chi connectivity index (χ3n) is 3.85. The Bertz CT molecular complexity index is 487. The molecule has 0 saturated heterocycles. The summed E-state index contributed by atoms with van der Waals surface area (Å²) in [6.07, 6.45) is 10.7. The van der Waals surface area contributed by atoms with Gasteiger partial charge in [0, 0.05) is 16.2 Å². The minimum Gasteiger partial charge on any atom is -0.310 e. The maximum absolute atomic E-state index is 3.45. The van der Waals surface area contributed by atoms with Gasteiger partial charge < -0.3 is 5.32 Å². The molecule has 0 aliphatic heterocycles. The minimum atomic E-state index is 0.433. The molecule has 2 unspecified atom stereocenters. The van der Waals surface area contributed by atoms with Gasteiger partial charge in [0.15, 0.2) is 0 Å². The van der Waals surface area contributed by atoms with Gasteiger partial charge in [-0.3, -0.25) is 0 Å². The molecule has 21 heavy (non-hydrogen) atoms. The van der Waals surface area contributed by atoms with Crippen LogP contribution in [0, 0.1) is 0 Å². The van der Waals surface area contributed by atoms with Crippen LogP contribution in [0.1, 0.15) is 51.6 Å². The fourth-order valence-electron chi connectivity index (χ4n) is 2.64. The molecule has 1 aliphatic carbocycles. The lowest BCUT2D eigenvalue weighted by molar-refractivity contribution is 0.598. The number of rotatable bonds is 7. The SMILES string of the molecule is CCCC1=CCC(Sc2ccc(C(C)NCC)cc2)C=C1. The van der Waals surface area contributed by atoms with Crippen LogP contribution in [0.25, 0.3) is 0 Å². The number of allylic oxidation sites excluding steroid dienone is 3. The van der Waals surface area contributed by atoms with Crippen LogP contribution in [-0.4, -0.2) is 11.8 Å². The van der Waals surface area contributed by atoms with E-state index in [9.17, 15) is 0 Å². The van der Waals surface area contributed by atoms with Crippen LogP contribution in [0.15, 0.2) is 53.0 Å². The second-order valence-corrected chi connectivity index (χ2v) is 6.94. The van der Waals surface area contributed by atoms with Crippen LogP contribution in [0.4, 0.5) is 0 Å². The number of hydrogen-bond donors (Lipinski definition) is 1. The lowest BCUT2D eigenvalue weighted by atomic mass is 10.0. The smallest absolute Gasteiger partial charge is 0.0312 e. The van der Waals surface area contributed by atoms with E-state index in [0.717, 1.165) is 13.0 Å². The predicted molar refractivity (Wildman–Crippen MR) is 94.9 cm³/mol. The zero-order chi connectivity index (χ0) is 15.1. The first-order valence-corrected chi connectivity index (χ1v) is 8.98. The molecular weight excluding hydrogens is 274 g/mol. The molecule has 0 fully saturated rings. The van der Waals surface area contributed by atoms with E-state index in [1.54, 1.807) is 0 Å². The summed E-state index contributed by atoms with van der Waals surface area (Å²) in [5.74, 6) is 0. The van der Waals surface area contributed by atoms with Crippen molar-refractivity contribution in [3.8, 4) is 0 Å². The number of nitrogens with one attached hydrogen (secondary N) is 1. The van der Waals surface area contributed by atoms with Crippen molar-refractivity contribution < 1.29 is 0 Å². The minimum absolute atomic E-state index is 0.433. The molecule has 0 radical (unpaired) electrons. The van der Waals surface area contributed by atoms with E-state index in [0.29, 0.717) is 11.3 Å². The third kappa shape index (κ3) is 5.05. The van der Waals surface area contributed by atoms with E-state index >= 15 is 0 Å². The third-order valence-corrected chi connectivity index (χ3v) is 5.05. The van der Waals surface area contributed by atoms with Gasteiger partial charge in [-0.15, -0.1) is 11.8 Å². The van der Waals surface area contributed by atoms with Crippen molar-refractivity contribution in [2.24, 2.45) is 0 Å². The molecule has 1 aromatic rings. The summed E-state index contributed by atoms with van der Waals surface area (Å²) in [5.41, 5.74) is 2.87. The van der Waals surface area contributed by atoms with E-state index in [2.05, 4.69) is 68.6 Å². The van der Waals surface area contributed by atoms with Gasteiger partial charge in [-0.2, -0.15) is 0 Å². The lowest BCUT2D eigenvalue weighted by Gasteiger charge is -2.17. The summed E-state index contributed by atoms with van der Waals surface area (Å²) in [6, 6.07) is 9.45. The first-order valence-electron chi connectivity index (χ1n) is 8.10. The number of thioether (sulfide) groups is 1. The Labute approximate surface area is 133 Å². The van der Waals surface area contributed by atoms with E-state index in [1.165, 1.54) is 28.9 Å². The van der Waals surface area contributed by atoms with Gasteiger partial charge in [0.25, 0.3) is 0 Å². The number of benzene rings is 1. The van der Waals surface area contributed by atoms with Crippen molar-refractivity contribution in [3.05, 3.63) is 53.6 Å². The van der Waals surface area contributed by atoms with Gasteiger partial charge in [-0.1, -0.05) is 56.2 Å². The highest BCUT2D eigenvalue weighted by Gasteiger charge is 2.10. The van der Waals surface area contributed by atoms with Crippen molar-refractivity contribution >= 4 is 11.8 Å². The highest BCUT2D eigenvalue weighted by molar-refractivity contribution is 8.00. The Morgan fingerprint density at radius 3 is 2.57 bits per heavy atom. The van der Waals surface area contributed by atoms with Crippen LogP contribution < -0.4 is 5.32 Å². The molecule has 0 spiro atoms.